The molecule has 0 atom stereocenters. The fraction of sp³-hybridized carbons (Fsp3) is 0.800. The molecule has 2 rings (SSSR count). The second kappa shape index (κ2) is 5.70. The number of hydrogen-bond donors (Lipinski definition) is 1. The van der Waals surface area contributed by atoms with E-state index >= 15 is 0 Å². The van der Waals surface area contributed by atoms with Crippen molar-refractivity contribution in [2.75, 3.05) is 6.54 Å². The molecule has 2 heteroatoms. The first-order valence-electron chi connectivity index (χ1n) is 7.16. The summed E-state index contributed by atoms with van der Waals surface area (Å²) >= 11 is 0. The van der Waals surface area contributed by atoms with Crippen LogP contribution in [-0.4, -0.2) is 12.5 Å². The van der Waals surface area contributed by atoms with Crippen molar-refractivity contribution in [1.82, 2.24) is 5.32 Å². The largest absolute Gasteiger partial charge is 0.353 e. The van der Waals surface area contributed by atoms with Crippen molar-refractivity contribution in [3.8, 4) is 0 Å². The number of carbonyl (C=O) groups is 1. The van der Waals surface area contributed by atoms with Gasteiger partial charge < -0.3 is 5.32 Å². The topological polar surface area (TPSA) is 29.1 Å². The van der Waals surface area contributed by atoms with E-state index in [1.807, 2.05) is 6.08 Å². The molecule has 0 heterocycles. The van der Waals surface area contributed by atoms with E-state index in [0.29, 0.717) is 0 Å². The van der Waals surface area contributed by atoms with Gasteiger partial charge in [0.2, 0.25) is 5.91 Å². The Labute approximate surface area is 105 Å². The van der Waals surface area contributed by atoms with Crippen LogP contribution in [0, 0.1) is 17.8 Å². The minimum Gasteiger partial charge on any atom is -0.353 e. The van der Waals surface area contributed by atoms with Gasteiger partial charge in [0.05, 0.1) is 0 Å². The second-order valence-electron chi connectivity index (χ2n) is 6.02. The standard InChI is InChI=1S/C15H25NO/c1-11(2)4-3-9-16-15(17)10-14(12-5-6-12)13-7-8-13/h10-13H,3-9H2,1-2H3,(H,16,17). The van der Waals surface area contributed by atoms with Gasteiger partial charge in [-0.3, -0.25) is 4.79 Å². The van der Waals surface area contributed by atoms with Crippen LogP contribution >= 0.6 is 0 Å². The van der Waals surface area contributed by atoms with E-state index in [2.05, 4.69) is 19.2 Å². The molecule has 1 N–H and O–H groups in total. The zero-order valence-corrected chi connectivity index (χ0v) is 11.2. The maximum absolute atomic E-state index is 11.8. The first kappa shape index (κ1) is 12.7. The fourth-order valence-corrected chi connectivity index (χ4v) is 2.33. The minimum atomic E-state index is 0.141. The number of rotatable bonds is 7. The quantitative estimate of drug-likeness (QED) is 0.532. The fourth-order valence-electron chi connectivity index (χ4n) is 2.33. The van der Waals surface area contributed by atoms with Crippen LogP contribution < -0.4 is 5.32 Å². The summed E-state index contributed by atoms with van der Waals surface area (Å²) < 4.78 is 0. The molecule has 2 aliphatic rings. The summed E-state index contributed by atoms with van der Waals surface area (Å²) in [7, 11) is 0. The number of nitrogens with one attached hydrogen (secondary N) is 1. The summed E-state index contributed by atoms with van der Waals surface area (Å²) in [6, 6.07) is 0. The van der Waals surface area contributed by atoms with Crippen molar-refractivity contribution in [2.45, 2.75) is 52.4 Å². The molecule has 2 nitrogen and oxygen atoms in total. The van der Waals surface area contributed by atoms with Crippen LogP contribution in [0.4, 0.5) is 0 Å². The molecule has 0 spiro atoms. The third kappa shape index (κ3) is 4.53. The number of hydrogen-bond acceptors (Lipinski definition) is 1. The molecule has 0 aromatic heterocycles. The summed E-state index contributed by atoms with van der Waals surface area (Å²) in [5.74, 6) is 2.38. The minimum absolute atomic E-state index is 0.141. The first-order chi connectivity index (χ1) is 8.16. The Morgan fingerprint density at radius 1 is 1.24 bits per heavy atom. The van der Waals surface area contributed by atoms with Gasteiger partial charge in [-0.15, -0.1) is 0 Å². The summed E-state index contributed by atoms with van der Waals surface area (Å²) in [6.45, 7) is 5.27. The molecule has 0 unspecified atom stereocenters. The van der Waals surface area contributed by atoms with Gasteiger partial charge >= 0.3 is 0 Å². The molecule has 0 radical (unpaired) electrons. The molecule has 0 saturated heterocycles. The summed E-state index contributed by atoms with van der Waals surface area (Å²) in [6.07, 6.45) is 9.43. The van der Waals surface area contributed by atoms with E-state index in [4.69, 9.17) is 0 Å². The van der Waals surface area contributed by atoms with Crippen molar-refractivity contribution in [3.05, 3.63) is 11.6 Å². The van der Waals surface area contributed by atoms with Crippen LogP contribution in [0.3, 0.4) is 0 Å². The Kier molecular flexibility index (Phi) is 4.25. The molecule has 0 aliphatic heterocycles. The Morgan fingerprint density at radius 3 is 2.29 bits per heavy atom. The second-order valence-corrected chi connectivity index (χ2v) is 6.02. The predicted octanol–water partition coefficient (Wildman–Crippen LogP) is 3.29. The molecule has 2 fully saturated rings. The molecule has 0 bridgehead atoms. The smallest absolute Gasteiger partial charge is 0.243 e. The highest BCUT2D eigenvalue weighted by atomic mass is 16.1. The van der Waals surface area contributed by atoms with E-state index in [-0.39, 0.29) is 5.91 Å². The van der Waals surface area contributed by atoms with Crippen molar-refractivity contribution < 1.29 is 4.79 Å². The lowest BCUT2D eigenvalue weighted by Gasteiger charge is -2.07. The van der Waals surface area contributed by atoms with Gasteiger partial charge in [-0.25, -0.2) is 0 Å². The zero-order chi connectivity index (χ0) is 12.3. The molecule has 96 valence electrons. The first-order valence-corrected chi connectivity index (χ1v) is 7.16. The Bertz CT molecular complexity index is 284. The molecule has 0 aromatic carbocycles. The Hall–Kier alpha value is -0.790. The third-order valence-corrected chi connectivity index (χ3v) is 3.65. The summed E-state index contributed by atoms with van der Waals surface area (Å²) in [5, 5.41) is 3.02. The van der Waals surface area contributed by atoms with Crippen molar-refractivity contribution in [2.24, 2.45) is 17.8 Å². The van der Waals surface area contributed by atoms with Crippen LogP contribution in [-0.2, 0) is 4.79 Å². The van der Waals surface area contributed by atoms with Gasteiger partial charge in [0.25, 0.3) is 0 Å². The van der Waals surface area contributed by atoms with E-state index in [1.165, 1.54) is 37.7 Å². The molecular weight excluding hydrogens is 210 g/mol. The van der Waals surface area contributed by atoms with E-state index in [1.54, 1.807) is 0 Å². The molecule has 17 heavy (non-hydrogen) atoms. The highest BCUT2D eigenvalue weighted by Crippen LogP contribution is 2.48. The van der Waals surface area contributed by atoms with Gasteiger partial charge in [-0.05, 0) is 56.3 Å². The average Bonchev–Trinajstić information content (AvgIpc) is 3.15. The van der Waals surface area contributed by atoms with Gasteiger partial charge in [0, 0.05) is 12.6 Å². The van der Waals surface area contributed by atoms with Gasteiger partial charge in [0.1, 0.15) is 0 Å². The molecular formula is C15H25NO. The van der Waals surface area contributed by atoms with Crippen LogP contribution in [0.5, 0.6) is 0 Å². The van der Waals surface area contributed by atoms with Gasteiger partial charge in [-0.1, -0.05) is 19.4 Å². The molecule has 2 saturated carbocycles. The number of carbonyl (C=O) groups excluding carboxylic acids is 1. The third-order valence-electron chi connectivity index (χ3n) is 3.65. The normalized spacial score (nSPS) is 19.2. The van der Waals surface area contributed by atoms with Crippen molar-refractivity contribution in [1.29, 1.82) is 0 Å². The van der Waals surface area contributed by atoms with Crippen molar-refractivity contribution >= 4 is 5.91 Å². The van der Waals surface area contributed by atoms with Crippen LogP contribution in [0.2, 0.25) is 0 Å². The van der Waals surface area contributed by atoms with Crippen molar-refractivity contribution in [3.63, 3.8) is 0 Å². The summed E-state index contributed by atoms with van der Waals surface area (Å²) in [5.41, 5.74) is 1.45. The molecule has 0 aromatic rings. The maximum Gasteiger partial charge on any atom is 0.243 e. The predicted molar refractivity (Wildman–Crippen MR) is 70.6 cm³/mol. The molecule has 2 aliphatic carbocycles. The van der Waals surface area contributed by atoms with Gasteiger partial charge in [0.15, 0.2) is 0 Å². The lowest BCUT2D eigenvalue weighted by atomic mass is 10.1. The number of amides is 1. The van der Waals surface area contributed by atoms with Crippen LogP contribution in [0.1, 0.15) is 52.4 Å². The van der Waals surface area contributed by atoms with E-state index < -0.39 is 0 Å². The zero-order valence-electron chi connectivity index (χ0n) is 11.2. The lowest BCUT2D eigenvalue weighted by Crippen LogP contribution is -2.23. The van der Waals surface area contributed by atoms with E-state index in [9.17, 15) is 4.79 Å². The molecule has 1 amide bonds. The monoisotopic (exact) mass is 235 g/mol. The Morgan fingerprint density at radius 2 is 1.82 bits per heavy atom. The summed E-state index contributed by atoms with van der Waals surface area (Å²) in [4.78, 5) is 11.8. The SMILES string of the molecule is CC(C)CCCNC(=O)C=C(C1CC1)C1CC1. The highest BCUT2D eigenvalue weighted by Gasteiger charge is 2.36. The average molecular weight is 235 g/mol. The van der Waals surface area contributed by atoms with Gasteiger partial charge in [-0.2, -0.15) is 0 Å². The lowest BCUT2D eigenvalue weighted by molar-refractivity contribution is -0.116. The Balaban J connectivity index is 1.69. The highest BCUT2D eigenvalue weighted by molar-refractivity contribution is 5.88. The van der Waals surface area contributed by atoms with Crippen LogP contribution in [0.25, 0.3) is 0 Å². The maximum atomic E-state index is 11.8. The number of allylic oxidation sites excluding steroid dienone is 1. The van der Waals surface area contributed by atoms with E-state index in [0.717, 1.165) is 30.7 Å². The van der Waals surface area contributed by atoms with Crippen LogP contribution in [0.15, 0.2) is 11.6 Å².